The van der Waals surface area contributed by atoms with Gasteiger partial charge in [0.25, 0.3) is 0 Å². The molecule has 0 heterocycles. The fourth-order valence-electron chi connectivity index (χ4n) is 1.73. The standard InChI is InChI=1S/C15H17ClFNO3/c1-2-3-11(15(20)21)9-18-14(19)7-5-10-4-6-13(17)12(16)8-10/h4-8,11H,2-3,9H2,1H3,(H,18,19)(H,20,21). The van der Waals surface area contributed by atoms with Crippen LogP contribution >= 0.6 is 11.6 Å². The Labute approximate surface area is 127 Å². The van der Waals surface area contributed by atoms with Crippen molar-refractivity contribution in [3.05, 3.63) is 40.7 Å². The average molecular weight is 314 g/mol. The van der Waals surface area contributed by atoms with E-state index in [2.05, 4.69) is 5.32 Å². The molecule has 1 rings (SSSR count). The number of rotatable bonds is 7. The molecule has 114 valence electrons. The van der Waals surface area contributed by atoms with Gasteiger partial charge in [0.1, 0.15) is 5.82 Å². The number of carbonyl (C=O) groups is 2. The van der Waals surface area contributed by atoms with Crippen molar-refractivity contribution in [2.45, 2.75) is 19.8 Å². The SMILES string of the molecule is CCCC(CNC(=O)C=Cc1ccc(F)c(Cl)c1)C(=O)O. The van der Waals surface area contributed by atoms with Crippen molar-refractivity contribution >= 4 is 29.6 Å². The van der Waals surface area contributed by atoms with Gasteiger partial charge in [0.2, 0.25) is 5.91 Å². The van der Waals surface area contributed by atoms with Gasteiger partial charge in [0, 0.05) is 12.6 Å². The molecule has 0 spiro atoms. The highest BCUT2D eigenvalue weighted by Crippen LogP contribution is 2.16. The lowest BCUT2D eigenvalue weighted by molar-refractivity contribution is -0.141. The molecule has 0 bridgehead atoms. The van der Waals surface area contributed by atoms with Gasteiger partial charge < -0.3 is 10.4 Å². The Morgan fingerprint density at radius 2 is 2.19 bits per heavy atom. The summed E-state index contributed by atoms with van der Waals surface area (Å²) in [4.78, 5) is 22.5. The molecule has 1 amide bonds. The first-order valence-corrected chi connectivity index (χ1v) is 6.95. The maximum absolute atomic E-state index is 13.0. The topological polar surface area (TPSA) is 66.4 Å². The summed E-state index contributed by atoms with van der Waals surface area (Å²) in [7, 11) is 0. The highest BCUT2D eigenvalue weighted by atomic mass is 35.5. The van der Waals surface area contributed by atoms with Crippen LogP contribution in [0.1, 0.15) is 25.3 Å². The minimum absolute atomic E-state index is 0.0218. The van der Waals surface area contributed by atoms with Crippen LogP contribution in [0.5, 0.6) is 0 Å². The van der Waals surface area contributed by atoms with E-state index in [9.17, 15) is 14.0 Å². The normalized spacial score (nSPS) is 12.3. The summed E-state index contributed by atoms with van der Waals surface area (Å²) in [6.07, 6.45) is 3.98. The lowest BCUT2D eigenvalue weighted by Gasteiger charge is -2.10. The predicted octanol–water partition coefficient (Wildman–Crippen LogP) is 3.11. The first-order valence-electron chi connectivity index (χ1n) is 6.57. The van der Waals surface area contributed by atoms with Crippen LogP contribution in [0.25, 0.3) is 6.08 Å². The van der Waals surface area contributed by atoms with Crippen LogP contribution in [0, 0.1) is 11.7 Å². The van der Waals surface area contributed by atoms with E-state index < -0.39 is 23.6 Å². The van der Waals surface area contributed by atoms with Crippen molar-refractivity contribution in [2.24, 2.45) is 5.92 Å². The molecule has 0 saturated carbocycles. The quantitative estimate of drug-likeness (QED) is 0.760. The molecule has 0 aliphatic heterocycles. The third-order valence-corrected chi connectivity index (χ3v) is 3.17. The molecule has 1 aromatic rings. The number of amides is 1. The van der Waals surface area contributed by atoms with Crippen molar-refractivity contribution in [1.82, 2.24) is 5.32 Å². The largest absolute Gasteiger partial charge is 0.481 e. The molecule has 0 aliphatic carbocycles. The zero-order valence-electron chi connectivity index (χ0n) is 11.6. The predicted molar refractivity (Wildman–Crippen MR) is 79.5 cm³/mol. The summed E-state index contributed by atoms with van der Waals surface area (Å²) in [6, 6.07) is 4.10. The number of aliphatic carboxylic acids is 1. The minimum Gasteiger partial charge on any atom is -0.481 e. The van der Waals surface area contributed by atoms with E-state index >= 15 is 0 Å². The van der Waals surface area contributed by atoms with Crippen molar-refractivity contribution in [2.75, 3.05) is 6.54 Å². The van der Waals surface area contributed by atoms with Crippen LogP contribution in [0.15, 0.2) is 24.3 Å². The molecule has 0 radical (unpaired) electrons. The Balaban J connectivity index is 2.54. The van der Waals surface area contributed by atoms with E-state index in [0.29, 0.717) is 12.0 Å². The van der Waals surface area contributed by atoms with Gasteiger partial charge in [-0.2, -0.15) is 0 Å². The number of hydrogen-bond acceptors (Lipinski definition) is 2. The van der Waals surface area contributed by atoms with Gasteiger partial charge in [-0.3, -0.25) is 9.59 Å². The number of carboxylic acids is 1. The Bertz CT molecular complexity index is 546. The molecule has 0 aliphatic rings. The van der Waals surface area contributed by atoms with Crippen LogP contribution < -0.4 is 5.32 Å². The van der Waals surface area contributed by atoms with Crippen LogP contribution in [-0.4, -0.2) is 23.5 Å². The van der Waals surface area contributed by atoms with Gasteiger partial charge in [-0.15, -0.1) is 0 Å². The lowest BCUT2D eigenvalue weighted by Crippen LogP contribution is -2.31. The third kappa shape index (κ3) is 5.95. The molecule has 0 fully saturated rings. The summed E-state index contributed by atoms with van der Waals surface area (Å²) in [6.45, 7) is 1.96. The van der Waals surface area contributed by atoms with E-state index in [0.717, 1.165) is 6.42 Å². The molecule has 1 unspecified atom stereocenters. The number of carboxylic acid groups (broad SMARTS) is 1. The van der Waals surface area contributed by atoms with Gasteiger partial charge in [-0.1, -0.05) is 31.0 Å². The van der Waals surface area contributed by atoms with Crippen molar-refractivity contribution in [1.29, 1.82) is 0 Å². The molecule has 0 aromatic heterocycles. The van der Waals surface area contributed by atoms with E-state index in [1.165, 1.54) is 30.4 Å². The van der Waals surface area contributed by atoms with Crippen molar-refractivity contribution in [3.63, 3.8) is 0 Å². The molecular formula is C15H17ClFNO3. The Morgan fingerprint density at radius 3 is 2.76 bits per heavy atom. The molecule has 21 heavy (non-hydrogen) atoms. The van der Waals surface area contributed by atoms with Crippen LogP contribution in [0.2, 0.25) is 5.02 Å². The van der Waals surface area contributed by atoms with Crippen LogP contribution in [0.3, 0.4) is 0 Å². The monoisotopic (exact) mass is 313 g/mol. The van der Waals surface area contributed by atoms with Gasteiger partial charge in [0.15, 0.2) is 0 Å². The highest BCUT2D eigenvalue weighted by Gasteiger charge is 2.16. The summed E-state index contributed by atoms with van der Waals surface area (Å²) in [5.41, 5.74) is 0.583. The van der Waals surface area contributed by atoms with E-state index in [4.69, 9.17) is 16.7 Å². The molecule has 0 saturated heterocycles. The molecular weight excluding hydrogens is 297 g/mol. The van der Waals surface area contributed by atoms with Gasteiger partial charge in [0.05, 0.1) is 10.9 Å². The fourth-order valence-corrected chi connectivity index (χ4v) is 1.92. The Morgan fingerprint density at radius 1 is 1.48 bits per heavy atom. The van der Waals surface area contributed by atoms with E-state index in [1.54, 1.807) is 0 Å². The Hall–Kier alpha value is -1.88. The second-order valence-corrected chi connectivity index (χ2v) is 4.98. The average Bonchev–Trinajstić information content (AvgIpc) is 2.44. The molecule has 2 N–H and O–H groups in total. The summed E-state index contributed by atoms with van der Waals surface area (Å²) in [5, 5.41) is 11.5. The first-order chi connectivity index (χ1) is 9.93. The van der Waals surface area contributed by atoms with Crippen molar-refractivity contribution < 1.29 is 19.1 Å². The fraction of sp³-hybridized carbons (Fsp3) is 0.333. The van der Waals surface area contributed by atoms with Gasteiger partial charge in [-0.25, -0.2) is 4.39 Å². The summed E-state index contributed by atoms with van der Waals surface area (Å²) in [5.74, 6) is -2.45. The molecule has 6 heteroatoms. The zero-order valence-corrected chi connectivity index (χ0v) is 12.4. The molecule has 4 nitrogen and oxygen atoms in total. The number of carbonyl (C=O) groups excluding carboxylic acids is 1. The van der Waals surface area contributed by atoms with Crippen LogP contribution in [0.4, 0.5) is 4.39 Å². The maximum Gasteiger partial charge on any atom is 0.308 e. The number of nitrogens with one attached hydrogen (secondary N) is 1. The molecule has 1 aromatic carbocycles. The lowest BCUT2D eigenvalue weighted by atomic mass is 10.0. The van der Waals surface area contributed by atoms with Gasteiger partial charge >= 0.3 is 5.97 Å². The zero-order chi connectivity index (χ0) is 15.8. The second kappa shape index (κ2) is 8.42. The summed E-state index contributed by atoms with van der Waals surface area (Å²) >= 11 is 5.63. The number of benzene rings is 1. The van der Waals surface area contributed by atoms with E-state index in [1.807, 2.05) is 6.92 Å². The van der Waals surface area contributed by atoms with E-state index in [-0.39, 0.29) is 11.6 Å². The maximum atomic E-state index is 13.0. The number of hydrogen-bond donors (Lipinski definition) is 2. The van der Waals surface area contributed by atoms with Crippen LogP contribution in [-0.2, 0) is 9.59 Å². The molecule has 1 atom stereocenters. The second-order valence-electron chi connectivity index (χ2n) is 4.58. The van der Waals surface area contributed by atoms with Crippen molar-refractivity contribution in [3.8, 4) is 0 Å². The third-order valence-electron chi connectivity index (χ3n) is 2.88. The smallest absolute Gasteiger partial charge is 0.308 e. The van der Waals surface area contributed by atoms with Gasteiger partial charge in [-0.05, 0) is 30.2 Å². The highest BCUT2D eigenvalue weighted by molar-refractivity contribution is 6.30. The summed E-state index contributed by atoms with van der Waals surface area (Å²) < 4.78 is 13.0. The first kappa shape index (κ1) is 17.2. The minimum atomic E-state index is -0.925. The Kier molecular flexibility index (Phi) is 6.88. The number of halogens is 2.